The number of ether oxygens (including phenoxy) is 2. The molecule has 0 radical (unpaired) electrons. The maximum absolute atomic E-state index is 12.3. The summed E-state index contributed by atoms with van der Waals surface area (Å²) in [6.07, 6.45) is 8.64. The van der Waals surface area contributed by atoms with Gasteiger partial charge in [0, 0.05) is 17.8 Å². The molecular formula is C27H35NO3S. The zero-order valence-electron chi connectivity index (χ0n) is 19.1. The van der Waals surface area contributed by atoms with Gasteiger partial charge in [0.2, 0.25) is 0 Å². The molecule has 0 unspecified atom stereocenters. The monoisotopic (exact) mass is 453 g/mol. The molecule has 0 atom stereocenters. The summed E-state index contributed by atoms with van der Waals surface area (Å²) in [5.74, 6) is 2.30. The largest absolute Gasteiger partial charge is 0.462 e. The summed E-state index contributed by atoms with van der Waals surface area (Å²) in [6, 6.07) is 15.7. The quantitative estimate of drug-likeness (QED) is 0.147. The van der Waals surface area contributed by atoms with E-state index >= 15 is 0 Å². The number of carbonyl (C=O) groups excluding carboxylic acids is 1. The SMILES string of the molecule is CCCNc1ccc(C(Oc2ccc(C(=O)OCCCCCCS)cc2)=C2CCC2)cc1. The van der Waals surface area contributed by atoms with Crippen LogP contribution in [0, 0.1) is 0 Å². The molecule has 0 spiro atoms. The zero-order chi connectivity index (χ0) is 22.6. The topological polar surface area (TPSA) is 47.6 Å². The summed E-state index contributed by atoms with van der Waals surface area (Å²) >= 11 is 4.21. The van der Waals surface area contributed by atoms with E-state index in [2.05, 4.69) is 49.1 Å². The van der Waals surface area contributed by atoms with Gasteiger partial charge in [0.05, 0.1) is 12.2 Å². The second kappa shape index (κ2) is 13.2. The maximum Gasteiger partial charge on any atom is 0.338 e. The van der Waals surface area contributed by atoms with Gasteiger partial charge in [0.15, 0.2) is 0 Å². The lowest BCUT2D eigenvalue weighted by Crippen LogP contribution is -2.08. The van der Waals surface area contributed by atoms with Crippen LogP contribution in [0.4, 0.5) is 5.69 Å². The lowest BCUT2D eigenvalue weighted by Gasteiger charge is -2.23. The number of allylic oxidation sites excluding steroid dienone is 1. The van der Waals surface area contributed by atoms with E-state index in [1.807, 2.05) is 12.1 Å². The highest BCUT2D eigenvalue weighted by molar-refractivity contribution is 7.80. The predicted molar refractivity (Wildman–Crippen MR) is 136 cm³/mol. The highest BCUT2D eigenvalue weighted by Gasteiger charge is 2.18. The summed E-state index contributed by atoms with van der Waals surface area (Å²) in [5.41, 5.74) is 4.11. The van der Waals surface area contributed by atoms with Crippen LogP contribution in [0.1, 0.15) is 74.2 Å². The molecule has 3 rings (SSSR count). The van der Waals surface area contributed by atoms with E-state index in [-0.39, 0.29) is 5.97 Å². The highest BCUT2D eigenvalue weighted by atomic mass is 32.1. The zero-order valence-corrected chi connectivity index (χ0v) is 20.0. The molecule has 4 nitrogen and oxygen atoms in total. The van der Waals surface area contributed by atoms with E-state index in [4.69, 9.17) is 9.47 Å². The molecule has 2 aromatic rings. The first kappa shape index (κ1) is 24.2. The van der Waals surface area contributed by atoms with Gasteiger partial charge in [-0.1, -0.05) is 19.8 Å². The molecular weight excluding hydrogens is 418 g/mol. The Hall–Kier alpha value is -2.40. The Balaban J connectivity index is 1.58. The van der Waals surface area contributed by atoms with Crippen molar-refractivity contribution in [2.24, 2.45) is 0 Å². The molecule has 0 bridgehead atoms. The fourth-order valence-electron chi connectivity index (χ4n) is 3.52. The molecule has 1 N–H and O–H groups in total. The second-order valence-electron chi connectivity index (χ2n) is 8.19. The van der Waals surface area contributed by atoms with Gasteiger partial charge in [-0.2, -0.15) is 12.6 Å². The predicted octanol–water partition coefficient (Wildman–Crippen LogP) is 7.13. The molecule has 0 saturated heterocycles. The van der Waals surface area contributed by atoms with E-state index in [0.29, 0.717) is 12.2 Å². The fraction of sp³-hybridized carbons (Fsp3) is 0.444. The number of rotatable bonds is 13. The third-order valence-electron chi connectivity index (χ3n) is 5.60. The molecule has 1 fully saturated rings. The van der Waals surface area contributed by atoms with Crippen LogP contribution >= 0.6 is 12.6 Å². The van der Waals surface area contributed by atoms with E-state index < -0.39 is 0 Å². The van der Waals surface area contributed by atoms with Crippen molar-refractivity contribution < 1.29 is 14.3 Å². The van der Waals surface area contributed by atoms with Crippen LogP contribution in [0.15, 0.2) is 54.1 Å². The number of esters is 1. The number of nitrogens with one attached hydrogen (secondary N) is 1. The van der Waals surface area contributed by atoms with Gasteiger partial charge >= 0.3 is 5.97 Å². The standard InChI is InChI=1S/C27H35NO3S/c1-2-18-28-24-14-10-22(11-15-24)26(21-8-7-9-21)31-25-16-12-23(13-17-25)27(29)30-19-5-3-4-6-20-32/h10-17,28,32H,2-9,18-20H2,1H3. The van der Waals surface area contributed by atoms with E-state index in [0.717, 1.165) is 80.0 Å². The van der Waals surface area contributed by atoms with Gasteiger partial charge in [0.1, 0.15) is 11.5 Å². The van der Waals surface area contributed by atoms with Crippen molar-refractivity contribution in [3.63, 3.8) is 0 Å². The van der Waals surface area contributed by atoms with E-state index in [1.54, 1.807) is 12.1 Å². The first-order valence-corrected chi connectivity index (χ1v) is 12.5. The van der Waals surface area contributed by atoms with Crippen LogP contribution in [0.5, 0.6) is 5.75 Å². The van der Waals surface area contributed by atoms with Gasteiger partial charge in [-0.05, 0) is 98.4 Å². The van der Waals surface area contributed by atoms with Crippen LogP contribution in [0.2, 0.25) is 0 Å². The first-order chi connectivity index (χ1) is 15.7. The number of unbranched alkanes of at least 4 members (excludes halogenated alkanes) is 3. The second-order valence-corrected chi connectivity index (χ2v) is 8.64. The number of thiol groups is 1. The number of carbonyl (C=O) groups is 1. The maximum atomic E-state index is 12.3. The van der Waals surface area contributed by atoms with Crippen molar-refractivity contribution in [2.45, 2.75) is 58.3 Å². The Morgan fingerprint density at radius 1 is 0.938 bits per heavy atom. The van der Waals surface area contributed by atoms with Crippen molar-refractivity contribution in [1.29, 1.82) is 0 Å². The normalized spacial score (nSPS) is 12.8. The summed E-state index contributed by atoms with van der Waals surface area (Å²) in [5, 5.41) is 3.41. The third-order valence-corrected chi connectivity index (χ3v) is 5.92. The van der Waals surface area contributed by atoms with Gasteiger partial charge in [0.25, 0.3) is 0 Å². The molecule has 0 heterocycles. The summed E-state index contributed by atoms with van der Waals surface area (Å²) in [4.78, 5) is 12.3. The van der Waals surface area contributed by atoms with Crippen molar-refractivity contribution in [1.82, 2.24) is 0 Å². The lowest BCUT2D eigenvalue weighted by molar-refractivity contribution is 0.0498. The number of hydrogen-bond donors (Lipinski definition) is 2. The third kappa shape index (κ3) is 7.33. The summed E-state index contributed by atoms with van der Waals surface area (Å²) < 4.78 is 11.7. The fourth-order valence-corrected chi connectivity index (χ4v) is 3.74. The minimum atomic E-state index is -0.279. The molecule has 5 heteroatoms. The minimum Gasteiger partial charge on any atom is -0.462 e. The smallest absolute Gasteiger partial charge is 0.338 e. The molecule has 1 saturated carbocycles. The van der Waals surface area contributed by atoms with E-state index in [9.17, 15) is 4.79 Å². The Kier molecular flexibility index (Phi) is 10.0. The van der Waals surface area contributed by atoms with Crippen molar-refractivity contribution in [2.75, 3.05) is 24.2 Å². The minimum absolute atomic E-state index is 0.279. The van der Waals surface area contributed by atoms with Gasteiger partial charge < -0.3 is 14.8 Å². The number of hydrogen-bond acceptors (Lipinski definition) is 5. The Morgan fingerprint density at radius 2 is 1.62 bits per heavy atom. The number of anilines is 1. The van der Waals surface area contributed by atoms with Gasteiger partial charge in [-0.3, -0.25) is 0 Å². The van der Waals surface area contributed by atoms with Crippen LogP contribution in [0.25, 0.3) is 5.76 Å². The Labute approximate surface area is 197 Å². The van der Waals surface area contributed by atoms with E-state index in [1.165, 1.54) is 12.0 Å². The number of benzene rings is 2. The average molecular weight is 454 g/mol. The molecule has 0 amide bonds. The molecule has 1 aliphatic carbocycles. The average Bonchev–Trinajstić information content (AvgIpc) is 2.79. The van der Waals surface area contributed by atoms with Gasteiger partial charge in [-0.25, -0.2) is 4.79 Å². The molecule has 172 valence electrons. The Morgan fingerprint density at radius 3 is 2.25 bits per heavy atom. The Bertz CT molecular complexity index is 869. The molecule has 0 aromatic heterocycles. The van der Waals surface area contributed by atoms with Crippen LogP contribution in [0.3, 0.4) is 0 Å². The molecule has 32 heavy (non-hydrogen) atoms. The lowest BCUT2D eigenvalue weighted by atomic mass is 9.89. The molecule has 1 aliphatic rings. The summed E-state index contributed by atoms with van der Waals surface area (Å²) in [7, 11) is 0. The highest BCUT2D eigenvalue weighted by Crippen LogP contribution is 2.35. The van der Waals surface area contributed by atoms with Crippen molar-refractivity contribution in [3.8, 4) is 5.75 Å². The van der Waals surface area contributed by atoms with Gasteiger partial charge in [-0.15, -0.1) is 0 Å². The van der Waals surface area contributed by atoms with Crippen LogP contribution in [-0.4, -0.2) is 24.9 Å². The van der Waals surface area contributed by atoms with Crippen molar-refractivity contribution in [3.05, 3.63) is 65.2 Å². The van der Waals surface area contributed by atoms with Crippen LogP contribution in [-0.2, 0) is 4.74 Å². The first-order valence-electron chi connectivity index (χ1n) is 11.8. The summed E-state index contributed by atoms with van der Waals surface area (Å²) in [6.45, 7) is 3.59. The van der Waals surface area contributed by atoms with Crippen molar-refractivity contribution >= 4 is 30.0 Å². The van der Waals surface area contributed by atoms with Crippen LogP contribution < -0.4 is 10.1 Å². The molecule has 0 aliphatic heterocycles. The molecule has 2 aromatic carbocycles.